The van der Waals surface area contributed by atoms with Gasteiger partial charge in [0.25, 0.3) is 0 Å². The van der Waals surface area contributed by atoms with E-state index in [1.807, 2.05) is 43.3 Å². The normalized spacial score (nSPS) is 16.9. The molecule has 5 rings (SSSR count). The van der Waals surface area contributed by atoms with Crippen LogP contribution in [0.4, 0.5) is 5.69 Å². The first-order valence-electron chi connectivity index (χ1n) is 15.5. The Kier molecular flexibility index (Phi) is 10.7. The lowest BCUT2D eigenvalue weighted by atomic mass is 9.80. The summed E-state index contributed by atoms with van der Waals surface area (Å²) in [5.41, 5.74) is 5.99. The van der Waals surface area contributed by atoms with Gasteiger partial charge in [-0.05, 0) is 69.1 Å². The quantitative estimate of drug-likeness (QED) is 0.275. The minimum Gasteiger partial charge on any atom is -0.463 e. The number of likely N-dealkylation sites (N-methyl/N-ethyl adjacent to an activating group) is 1. The highest BCUT2D eigenvalue weighted by Crippen LogP contribution is 2.38. The van der Waals surface area contributed by atoms with Gasteiger partial charge in [-0.1, -0.05) is 54.3 Å². The summed E-state index contributed by atoms with van der Waals surface area (Å²) in [4.78, 5) is 36.1. The van der Waals surface area contributed by atoms with Crippen LogP contribution in [-0.2, 0) is 25.5 Å². The molecule has 2 aromatic carbocycles. The molecule has 1 unspecified atom stereocenters. The fourth-order valence-corrected chi connectivity index (χ4v) is 5.78. The van der Waals surface area contributed by atoms with E-state index in [4.69, 9.17) is 9.47 Å². The van der Waals surface area contributed by atoms with Crippen molar-refractivity contribution in [1.29, 1.82) is 0 Å². The van der Waals surface area contributed by atoms with Gasteiger partial charge in [-0.3, -0.25) is 4.98 Å². The second kappa shape index (κ2) is 15.2. The van der Waals surface area contributed by atoms with Gasteiger partial charge in [0.15, 0.2) is 6.61 Å². The summed E-state index contributed by atoms with van der Waals surface area (Å²) in [5.74, 6) is 4.36. The molecule has 3 aromatic rings. The van der Waals surface area contributed by atoms with Gasteiger partial charge in [0.1, 0.15) is 0 Å². The van der Waals surface area contributed by atoms with Gasteiger partial charge >= 0.3 is 11.9 Å². The number of rotatable bonds is 9. The van der Waals surface area contributed by atoms with Crippen molar-refractivity contribution in [2.45, 2.75) is 26.7 Å². The molecule has 1 saturated heterocycles. The van der Waals surface area contributed by atoms with E-state index in [9.17, 15) is 9.59 Å². The number of dihydropyridines is 1. The Bertz CT molecular complexity index is 1600. The number of benzene rings is 2. The Labute approximate surface area is 265 Å². The van der Waals surface area contributed by atoms with Gasteiger partial charge in [-0.15, -0.1) is 0 Å². The number of nitrogens with zero attached hydrogens (tertiary/aromatic N) is 3. The predicted octanol–water partition coefficient (Wildman–Crippen LogP) is 4.83. The van der Waals surface area contributed by atoms with E-state index in [1.54, 1.807) is 25.4 Å². The van der Waals surface area contributed by atoms with Crippen LogP contribution in [-0.4, -0.2) is 68.3 Å². The molecule has 1 atom stereocenters. The second-order valence-electron chi connectivity index (χ2n) is 11.2. The average molecular weight is 605 g/mol. The number of allylic oxidation sites excluding steroid dienone is 1. The molecular weight excluding hydrogens is 564 g/mol. The van der Waals surface area contributed by atoms with Crippen LogP contribution in [0.3, 0.4) is 0 Å². The number of hydrogen-bond acceptors (Lipinski definition) is 8. The summed E-state index contributed by atoms with van der Waals surface area (Å²) < 4.78 is 11.3. The highest BCUT2D eigenvalue weighted by atomic mass is 16.5. The maximum absolute atomic E-state index is 13.7. The number of pyridine rings is 1. The Balaban J connectivity index is 1.46. The molecule has 3 heterocycles. The van der Waals surface area contributed by atoms with Crippen molar-refractivity contribution in [3.05, 3.63) is 113 Å². The lowest BCUT2D eigenvalue weighted by Crippen LogP contribution is -2.44. The number of piperazine rings is 1. The van der Waals surface area contributed by atoms with Crippen molar-refractivity contribution >= 4 is 23.3 Å². The fourth-order valence-electron chi connectivity index (χ4n) is 5.78. The molecule has 232 valence electrons. The first-order chi connectivity index (χ1) is 21.9. The number of carbonyl (C=O) groups excluding carboxylic acids is 2. The first-order valence-corrected chi connectivity index (χ1v) is 15.5. The maximum atomic E-state index is 13.7. The molecule has 1 N–H and O–H groups in total. The zero-order valence-corrected chi connectivity index (χ0v) is 26.2. The molecular formula is C37H40N4O4. The standard InChI is InChI=1S/C37H40N4O4/c1-4-44-37(43)34-32(19-14-28-10-6-5-7-11-28)33(36(42)45-25-9-13-29-12-8-20-38-26-29)27(2)39-35(34)30-15-17-31(18-16-30)41-23-21-40(3)22-24-41/h5-8,10-12,15-18,20,26,32,39H,4,14,19,21-25H2,1-3H3. The van der Waals surface area contributed by atoms with Crippen LogP contribution < -0.4 is 10.2 Å². The highest BCUT2D eigenvalue weighted by Gasteiger charge is 2.38. The van der Waals surface area contributed by atoms with Crippen LogP contribution in [0, 0.1) is 17.8 Å². The van der Waals surface area contributed by atoms with E-state index >= 15 is 0 Å². The van der Waals surface area contributed by atoms with Gasteiger partial charge in [0.05, 0.1) is 23.5 Å². The van der Waals surface area contributed by atoms with Crippen molar-refractivity contribution in [2.75, 3.05) is 51.3 Å². The Morgan fingerprint density at radius 1 is 0.933 bits per heavy atom. The van der Waals surface area contributed by atoms with Gasteiger partial charge < -0.3 is 24.6 Å². The molecule has 0 aliphatic carbocycles. The molecule has 45 heavy (non-hydrogen) atoms. The van der Waals surface area contributed by atoms with Crippen molar-refractivity contribution in [2.24, 2.45) is 5.92 Å². The zero-order chi connectivity index (χ0) is 31.6. The van der Waals surface area contributed by atoms with Crippen LogP contribution >= 0.6 is 0 Å². The minimum atomic E-state index is -0.545. The molecule has 1 fully saturated rings. The predicted molar refractivity (Wildman–Crippen MR) is 176 cm³/mol. The largest absolute Gasteiger partial charge is 0.463 e. The first kappa shape index (κ1) is 31.6. The summed E-state index contributed by atoms with van der Waals surface area (Å²) in [5, 5.41) is 3.40. The van der Waals surface area contributed by atoms with E-state index in [0.717, 1.165) is 48.6 Å². The number of hydrogen-bond donors (Lipinski definition) is 1. The van der Waals surface area contributed by atoms with Crippen LogP contribution in [0.15, 0.2) is 96.0 Å². The molecule has 0 radical (unpaired) electrons. The lowest BCUT2D eigenvalue weighted by molar-refractivity contribution is -0.139. The van der Waals surface area contributed by atoms with Crippen LogP contribution in [0.5, 0.6) is 0 Å². The van der Waals surface area contributed by atoms with Crippen LogP contribution in [0.25, 0.3) is 5.70 Å². The van der Waals surface area contributed by atoms with Gasteiger partial charge in [-0.25, -0.2) is 9.59 Å². The summed E-state index contributed by atoms with van der Waals surface area (Å²) in [6, 6.07) is 22.0. The van der Waals surface area contributed by atoms with E-state index in [0.29, 0.717) is 35.4 Å². The minimum absolute atomic E-state index is 0.0883. The molecule has 0 bridgehead atoms. The molecule has 1 aromatic heterocycles. The third kappa shape index (κ3) is 8.00. The molecule has 8 heteroatoms. The van der Waals surface area contributed by atoms with Gasteiger partial charge in [0.2, 0.25) is 0 Å². The number of esters is 2. The second-order valence-corrected chi connectivity index (χ2v) is 11.2. The van der Waals surface area contributed by atoms with E-state index in [-0.39, 0.29) is 13.2 Å². The van der Waals surface area contributed by atoms with E-state index in [1.165, 1.54) is 0 Å². The third-order valence-corrected chi connectivity index (χ3v) is 8.16. The fraction of sp³-hybridized carbons (Fsp3) is 0.324. The molecule has 2 aliphatic rings. The number of carbonyl (C=O) groups is 2. The maximum Gasteiger partial charge on any atom is 0.337 e. The average Bonchev–Trinajstić information content (AvgIpc) is 3.07. The lowest BCUT2D eigenvalue weighted by Gasteiger charge is -2.34. The molecule has 0 amide bonds. The molecule has 2 aliphatic heterocycles. The number of ether oxygens (including phenoxy) is 2. The molecule has 8 nitrogen and oxygen atoms in total. The van der Waals surface area contributed by atoms with Crippen LogP contribution in [0.1, 0.15) is 37.0 Å². The smallest absolute Gasteiger partial charge is 0.337 e. The number of aromatic nitrogens is 1. The third-order valence-electron chi connectivity index (χ3n) is 8.16. The molecule has 0 spiro atoms. The van der Waals surface area contributed by atoms with E-state index in [2.05, 4.69) is 63.3 Å². The van der Waals surface area contributed by atoms with Crippen molar-refractivity contribution in [3.63, 3.8) is 0 Å². The number of aryl methyl sites for hydroxylation is 1. The van der Waals surface area contributed by atoms with Crippen molar-refractivity contribution in [1.82, 2.24) is 15.2 Å². The van der Waals surface area contributed by atoms with Crippen LogP contribution in [0.2, 0.25) is 0 Å². The van der Waals surface area contributed by atoms with Gasteiger partial charge in [0, 0.05) is 61.4 Å². The number of anilines is 1. The van der Waals surface area contributed by atoms with Crippen molar-refractivity contribution < 1.29 is 19.1 Å². The number of nitrogens with one attached hydrogen (secondary N) is 1. The van der Waals surface area contributed by atoms with Crippen molar-refractivity contribution in [3.8, 4) is 11.8 Å². The SMILES string of the molecule is CCOC(=O)C1=C(c2ccc(N3CCN(C)CC3)cc2)NC(C)=C(C(=O)OCC#Cc2cccnc2)C1CCc1ccccc1. The molecule has 0 saturated carbocycles. The summed E-state index contributed by atoms with van der Waals surface area (Å²) >= 11 is 0. The Hall–Kier alpha value is -4.87. The topological polar surface area (TPSA) is 84.0 Å². The zero-order valence-electron chi connectivity index (χ0n) is 26.2. The monoisotopic (exact) mass is 604 g/mol. The Morgan fingerprint density at radius 2 is 1.67 bits per heavy atom. The summed E-state index contributed by atoms with van der Waals surface area (Å²) in [6.07, 6.45) is 4.51. The van der Waals surface area contributed by atoms with Gasteiger partial charge in [-0.2, -0.15) is 0 Å². The highest BCUT2D eigenvalue weighted by molar-refractivity contribution is 6.03. The Morgan fingerprint density at radius 3 is 2.36 bits per heavy atom. The summed E-state index contributed by atoms with van der Waals surface area (Å²) in [7, 11) is 2.14. The summed E-state index contributed by atoms with van der Waals surface area (Å²) in [6.45, 7) is 7.73. The van der Waals surface area contributed by atoms with E-state index < -0.39 is 17.9 Å².